The number of hydrogen-bond donors (Lipinski definition) is 1. The third-order valence-electron chi connectivity index (χ3n) is 6.59. The van der Waals surface area contributed by atoms with E-state index in [1.165, 1.54) is 38.8 Å². The summed E-state index contributed by atoms with van der Waals surface area (Å²) in [6.45, 7) is 11.9. The van der Waals surface area contributed by atoms with Crippen LogP contribution in [-0.4, -0.2) is 87.0 Å². The highest BCUT2D eigenvalue weighted by Crippen LogP contribution is 2.19. The van der Waals surface area contributed by atoms with Crippen LogP contribution in [0.4, 0.5) is 0 Å². The van der Waals surface area contributed by atoms with Crippen molar-refractivity contribution in [3.8, 4) is 0 Å². The van der Waals surface area contributed by atoms with Crippen LogP contribution >= 0.6 is 24.0 Å². The van der Waals surface area contributed by atoms with Crippen LogP contribution in [0.15, 0.2) is 4.99 Å². The van der Waals surface area contributed by atoms with Crippen molar-refractivity contribution in [3.63, 3.8) is 0 Å². The van der Waals surface area contributed by atoms with Crippen LogP contribution in [0.2, 0.25) is 0 Å². The van der Waals surface area contributed by atoms with Gasteiger partial charge in [-0.1, -0.05) is 13.8 Å². The first-order chi connectivity index (χ1) is 13.7. The molecule has 170 valence electrons. The van der Waals surface area contributed by atoms with Crippen molar-refractivity contribution < 1.29 is 9.47 Å². The van der Waals surface area contributed by atoms with E-state index in [9.17, 15) is 0 Å². The predicted octanol–water partition coefficient (Wildman–Crippen LogP) is 3.35. The van der Waals surface area contributed by atoms with Gasteiger partial charge in [0.15, 0.2) is 5.96 Å². The van der Waals surface area contributed by atoms with E-state index in [1.807, 2.05) is 7.05 Å². The number of likely N-dealkylation sites (tertiary alicyclic amines) is 2. The van der Waals surface area contributed by atoms with E-state index in [0.717, 1.165) is 58.1 Å². The highest BCUT2D eigenvalue weighted by molar-refractivity contribution is 14.0. The Labute approximate surface area is 195 Å². The smallest absolute Gasteiger partial charge is 0.193 e. The normalized spacial score (nSPS) is 25.9. The molecule has 0 spiro atoms. The Morgan fingerprint density at radius 3 is 2.38 bits per heavy atom. The maximum atomic E-state index is 6.16. The first-order valence-corrected chi connectivity index (χ1v) is 11.6. The zero-order valence-corrected chi connectivity index (χ0v) is 21.1. The second-order valence-corrected chi connectivity index (χ2v) is 8.99. The summed E-state index contributed by atoms with van der Waals surface area (Å²) in [4.78, 5) is 9.62. The number of guanidine groups is 1. The minimum atomic E-state index is 0. The molecule has 2 unspecified atom stereocenters. The third-order valence-corrected chi connectivity index (χ3v) is 6.59. The fourth-order valence-electron chi connectivity index (χ4n) is 4.80. The van der Waals surface area contributed by atoms with Crippen molar-refractivity contribution in [2.24, 2.45) is 10.9 Å². The van der Waals surface area contributed by atoms with Crippen molar-refractivity contribution in [2.45, 2.75) is 77.0 Å². The minimum Gasteiger partial charge on any atom is -0.376 e. The lowest BCUT2D eigenvalue weighted by molar-refractivity contribution is -0.0721. The van der Waals surface area contributed by atoms with E-state index in [1.54, 1.807) is 0 Å². The summed E-state index contributed by atoms with van der Waals surface area (Å²) in [5, 5.41) is 3.67. The van der Waals surface area contributed by atoms with Crippen LogP contribution in [0, 0.1) is 5.92 Å². The largest absolute Gasteiger partial charge is 0.376 e. The Morgan fingerprint density at radius 2 is 1.79 bits per heavy atom. The zero-order chi connectivity index (χ0) is 19.8. The Morgan fingerprint density at radius 1 is 1.07 bits per heavy atom. The first-order valence-electron chi connectivity index (χ1n) is 11.6. The number of hydrogen-bond acceptors (Lipinski definition) is 4. The molecular weight excluding hydrogens is 479 g/mol. The second-order valence-electron chi connectivity index (χ2n) is 8.99. The molecule has 3 rings (SSSR count). The molecule has 0 aromatic rings. The maximum Gasteiger partial charge on any atom is 0.193 e. The molecule has 7 heteroatoms. The molecule has 3 saturated heterocycles. The standard InChI is InChI=1S/C22H42N4O2.HI/c1-18(2)21(25-11-5-6-12-25)16-24-22(23-3)26-13-9-19(10-14-26)28-17-20-8-4-7-15-27-20;/h18-21H,4-17H2,1-3H3,(H,23,24);1H. The van der Waals surface area contributed by atoms with E-state index in [0.29, 0.717) is 24.2 Å². The lowest BCUT2D eigenvalue weighted by atomic mass is 10.0. The lowest BCUT2D eigenvalue weighted by Gasteiger charge is -2.36. The molecule has 29 heavy (non-hydrogen) atoms. The molecule has 0 amide bonds. The summed E-state index contributed by atoms with van der Waals surface area (Å²) >= 11 is 0. The van der Waals surface area contributed by atoms with E-state index >= 15 is 0 Å². The van der Waals surface area contributed by atoms with Gasteiger partial charge in [-0.2, -0.15) is 0 Å². The number of rotatable bonds is 7. The molecule has 0 saturated carbocycles. The third kappa shape index (κ3) is 7.82. The number of nitrogens with zero attached hydrogens (tertiary/aromatic N) is 3. The van der Waals surface area contributed by atoms with Crippen LogP contribution in [0.3, 0.4) is 0 Å². The van der Waals surface area contributed by atoms with Gasteiger partial charge in [0.25, 0.3) is 0 Å². The van der Waals surface area contributed by atoms with Crippen molar-refractivity contribution in [1.29, 1.82) is 0 Å². The van der Waals surface area contributed by atoms with Crippen molar-refractivity contribution in [2.75, 3.05) is 53.0 Å². The maximum absolute atomic E-state index is 6.16. The Bertz CT molecular complexity index is 471. The van der Waals surface area contributed by atoms with Gasteiger partial charge in [0.2, 0.25) is 0 Å². The fourth-order valence-corrected chi connectivity index (χ4v) is 4.80. The van der Waals surface area contributed by atoms with Gasteiger partial charge in [-0.05, 0) is 64.0 Å². The van der Waals surface area contributed by atoms with Gasteiger partial charge in [0, 0.05) is 39.3 Å². The molecule has 3 aliphatic rings. The van der Waals surface area contributed by atoms with Crippen molar-refractivity contribution >= 4 is 29.9 Å². The summed E-state index contributed by atoms with van der Waals surface area (Å²) in [6.07, 6.45) is 9.17. The molecule has 6 nitrogen and oxygen atoms in total. The number of piperidine rings is 1. The van der Waals surface area contributed by atoms with Crippen LogP contribution in [0.5, 0.6) is 0 Å². The first kappa shape index (κ1) is 25.1. The number of halogens is 1. The summed E-state index contributed by atoms with van der Waals surface area (Å²) in [7, 11) is 1.91. The number of nitrogens with one attached hydrogen (secondary N) is 1. The van der Waals surface area contributed by atoms with Gasteiger partial charge < -0.3 is 19.7 Å². The fraction of sp³-hybridized carbons (Fsp3) is 0.955. The van der Waals surface area contributed by atoms with Gasteiger partial charge >= 0.3 is 0 Å². The summed E-state index contributed by atoms with van der Waals surface area (Å²) in [5.41, 5.74) is 0. The van der Waals surface area contributed by atoms with Gasteiger partial charge in [0.1, 0.15) is 0 Å². The zero-order valence-electron chi connectivity index (χ0n) is 18.8. The average molecular weight is 523 g/mol. The van der Waals surface area contributed by atoms with E-state index in [4.69, 9.17) is 9.47 Å². The second kappa shape index (κ2) is 13.3. The number of aliphatic imine (C=N–C) groups is 1. The Kier molecular flexibility index (Phi) is 11.6. The van der Waals surface area contributed by atoms with E-state index in [-0.39, 0.29) is 24.0 Å². The molecule has 1 N–H and O–H groups in total. The van der Waals surface area contributed by atoms with Crippen LogP contribution in [-0.2, 0) is 9.47 Å². The molecule has 3 aliphatic heterocycles. The van der Waals surface area contributed by atoms with Gasteiger partial charge in [-0.15, -0.1) is 24.0 Å². The van der Waals surface area contributed by atoms with Gasteiger partial charge in [-0.25, -0.2) is 0 Å². The molecule has 0 radical (unpaired) electrons. The highest BCUT2D eigenvalue weighted by Gasteiger charge is 2.27. The minimum absolute atomic E-state index is 0. The Hall–Kier alpha value is -0.120. The molecule has 0 aromatic heterocycles. The summed E-state index contributed by atoms with van der Waals surface area (Å²) in [6, 6.07) is 0.593. The van der Waals surface area contributed by atoms with Gasteiger partial charge in [0.05, 0.1) is 18.8 Å². The SMILES string of the molecule is CN=C(NCC(C(C)C)N1CCCC1)N1CCC(OCC2CCCCO2)CC1.I. The summed E-state index contributed by atoms with van der Waals surface area (Å²) in [5.74, 6) is 1.71. The van der Waals surface area contributed by atoms with Gasteiger partial charge in [-0.3, -0.25) is 9.89 Å². The quantitative estimate of drug-likeness (QED) is 0.316. The van der Waals surface area contributed by atoms with E-state index < -0.39 is 0 Å². The van der Waals surface area contributed by atoms with E-state index in [2.05, 4.69) is 34.0 Å². The van der Waals surface area contributed by atoms with Crippen LogP contribution < -0.4 is 5.32 Å². The van der Waals surface area contributed by atoms with Crippen LogP contribution in [0.25, 0.3) is 0 Å². The lowest BCUT2D eigenvalue weighted by Crippen LogP contribution is -2.52. The van der Waals surface area contributed by atoms with Crippen molar-refractivity contribution in [3.05, 3.63) is 0 Å². The summed E-state index contributed by atoms with van der Waals surface area (Å²) < 4.78 is 12.0. The Balaban J connectivity index is 0.00000300. The van der Waals surface area contributed by atoms with Crippen LogP contribution in [0.1, 0.15) is 58.8 Å². The molecule has 0 aliphatic carbocycles. The molecule has 2 atom stereocenters. The highest BCUT2D eigenvalue weighted by atomic mass is 127. The van der Waals surface area contributed by atoms with Crippen molar-refractivity contribution in [1.82, 2.24) is 15.1 Å². The molecule has 3 heterocycles. The monoisotopic (exact) mass is 522 g/mol. The molecule has 0 aromatic carbocycles. The molecule has 0 bridgehead atoms. The number of ether oxygens (including phenoxy) is 2. The predicted molar refractivity (Wildman–Crippen MR) is 130 cm³/mol. The topological polar surface area (TPSA) is 49.3 Å². The average Bonchev–Trinajstić information content (AvgIpc) is 3.25. The molecular formula is C22H43IN4O2. The molecule has 3 fully saturated rings.